The van der Waals surface area contributed by atoms with Crippen molar-refractivity contribution in [3.63, 3.8) is 0 Å². The van der Waals surface area contributed by atoms with Gasteiger partial charge in [0, 0.05) is 16.3 Å². The third-order valence-electron chi connectivity index (χ3n) is 5.18. The smallest absolute Gasteiger partial charge is 0.227 e. The molecule has 1 atom stereocenters. The Morgan fingerprint density at radius 1 is 1.07 bits per heavy atom. The third-order valence-corrected chi connectivity index (χ3v) is 7.10. The first-order chi connectivity index (χ1) is 14.2. The average molecular weight is 430 g/mol. The Morgan fingerprint density at radius 2 is 1.83 bits per heavy atom. The molecule has 2 aromatic heterocycles. The van der Waals surface area contributed by atoms with E-state index >= 15 is 0 Å². The summed E-state index contributed by atoms with van der Waals surface area (Å²) >= 11 is 3.47. The predicted molar refractivity (Wildman–Crippen MR) is 116 cm³/mol. The zero-order chi connectivity index (χ0) is 20.4. The summed E-state index contributed by atoms with van der Waals surface area (Å²) in [6, 6.07) is 9.99. The molecule has 29 heavy (non-hydrogen) atoms. The number of nitrogens with zero attached hydrogens (tertiary/aromatic N) is 1. The Hall–Kier alpha value is -2.51. The number of hydrogen-bond acceptors (Lipinski definition) is 6. The molecule has 3 heterocycles. The summed E-state index contributed by atoms with van der Waals surface area (Å²) < 4.78 is 16.3. The van der Waals surface area contributed by atoms with Crippen molar-refractivity contribution in [1.82, 2.24) is 4.90 Å². The minimum Gasteiger partial charge on any atom is -0.493 e. The number of carbonyl (C=O) groups is 1. The lowest BCUT2D eigenvalue weighted by Crippen LogP contribution is -2.40. The van der Waals surface area contributed by atoms with E-state index in [0.717, 1.165) is 18.5 Å². The van der Waals surface area contributed by atoms with E-state index in [-0.39, 0.29) is 18.4 Å². The van der Waals surface area contributed by atoms with Crippen LogP contribution in [-0.4, -0.2) is 38.7 Å². The van der Waals surface area contributed by atoms with Gasteiger partial charge >= 0.3 is 0 Å². The first-order valence-electron chi connectivity index (χ1n) is 9.34. The molecular weight excluding hydrogens is 406 g/mol. The Morgan fingerprint density at radius 3 is 2.45 bits per heavy atom. The minimum atomic E-state index is -0.0143. The van der Waals surface area contributed by atoms with Crippen LogP contribution in [0.5, 0.6) is 17.2 Å². The fourth-order valence-corrected chi connectivity index (χ4v) is 5.61. The van der Waals surface area contributed by atoms with Gasteiger partial charge in [0.15, 0.2) is 11.5 Å². The lowest BCUT2D eigenvalue weighted by molar-refractivity contribution is -0.132. The van der Waals surface area contributed by atoms with E-state index in [4.69, 9.17) is 14.2 Å². The summed E-state index contributed by atoms with van der Waals surface area (Å²) in [5.74, 6) is 1.74. The largest absolute Gasteiger partial charge is 0.493 e. The molecule has 0 aliphatic carbocycles. The number of benzene rings is 1. The van der Waals surface area contributed by atoms with Crippen LogP contribution < -0.4 is 14.2 Å². The summed E-state index contributed by atoms with van der Waals surface area (Å²) in [4.78, 5) is 18.0. The van der Waals surface area contributed by atoms with Crippen LogP contribution in [0.3, 0.4) is 0 Å². The summed E-state index contributed by atoms with van der Waals surface area (Å²) in [7, 11) is 4.74. The van der Waals surface area contributed by atoms with Crippen LogP contribution in [0.15, 0.2) is 41.1 Å². The fourth-order valence-electron chi connectivity index (χ4n) is 3.85. The number of hydrogen-bond donors (Lipinski definition) is 0. The summed E-state index contributed by atoms with van der Waals surface area (Å²) in [6.45, 7) is 0.722. The molecule has 1 aliphatic rings. The fraction of sp³-hybridized carbons (Fsp3) is 0.318. The lowest BCUT2D eigenvalue weighted by atomic mass is 9.97. The Balaban J connectivity index is 1.64. The molecule has 1 aliphatic heterocycles. The number of ether oxygens (including phenoxy) is 3. The van der Waals surface area contributed by atoms with E-state index in [0.29, 0.717) is 17.2 Å². The monoisotopic (exact) mass is 429 g/mol. The molecule has 152 valence electrons. The van der Waals surface area contributed by atoms with Gasteiger partial charge in [0.25, 0.3) is 0 Å². The van der Waals surface area contributed by atoms with Crippen LogP contribution in [0.1, 0.15) is 26.9 Å². The van der Waals surface area contributed by atoms with Crippen molar-refractivity contribution in [2.24, 2.45) is 0 Å². The second-order valence-electron chi connectivity index (χ2n) is 6.76. The van der Waals surface area contributed by atoms with Gasteiger partial charge in [0.2, 0.25) is 11.7 Å². The van der Waals surface area contributed by atoms with Crippen LogP contribution in [-0.2, 0) is 17.6 Å². The van der Waals surface area contributed by atoms with Gasteiger partial charge in [-0.05, 0) is 52.6 Å². The molecule has 0 radical (unpaired) electrons. The predicted octanol–water partition coefficient (Wildman–Crippen LogP) is 4.55. The van der Waals surface area contributed by atoms with Crippen molar-refractivity contribution < 1.29 is 19.0 Å². The van der Waals surface area contributed by atoms with E-state index in [9.17, 15) is 4.79 Å². The number of carbonyl (C=O) groups excluding carboxylic acids is 1. The van der Waals surface area contributed by atoms with Crippen molar-refractivity contribution in [2.75, 3.05) is 27.9 Å². The third kappa shape index (κ3) is 3.72. The number of amides is 1. The van der Waals surface area contributed by atoms with Gasteiger partial charge in [-0.2, -0.15) is 0 Å². The molecule has 0 saturated heterocycles. The first kappa shape index (κ1) is 19.8. The number of thiophene rings is 2. The molecule has 0 N–H and O–H groups in total. The van der Waals surface area contributed by atoms with Crippen molar-refractivity contribution in [2.45, 2.75) is 18.9 Å². The van der Waals surface area contributed by atoms with Crippen molar-refractivity contribution in [3.05, 3.63) is 62.0 Å². The summed E-state index contributed by atoms with van der Waals surface area (Å²) in [5, 5.41) is 4.19. The van der Waals surface area contributed by atoms with E-state index in [2.05, 4.69) is 22.9 Å². The molecule has 0 spiro atoms. The molecule has 5 nitrogen and oxygen atoms in total. The zero-order valence-corrected chi connectivity index (χ0v) is 18.3. The second-order valence-corrected chi connectivity index (χ2v) is 8.74. The van der Waals surface area contributed by atoms with Gasteiger partial charge in [-0.1, -0.05) is 6.07 Å². The Labute approximate surface area is 178 Å². The number of fused-ring (bicyclic) bond motifs is 1. The SMILES string of the molecule is COc1cc(CC(=O)N2CCc3sccc3C2c2cccs2)cc(OC)c1OC. The summed E-state index contributed by atoms with van der Waals surface area (Å²) in [5.41, 5.74) is 2.09. The zero-order valence-electron chi connectivity index (χ0n) is 16.6. The maximum atomic E-state index is 13.4. The van der Waals surface area contributed by atoms with Gasteiger partial charge < -0.3 is 19.1 Å². The molecule has 1 unspecified atom stereocenters. The van der Waals surface area contributed by atoms with E-state index in [1.807, 2.05) is 23.1 Å². The molecule has 0 saturated carbocycles. The van der Waals surface area contributed by atoms with Crippen LogP contribution in [0.4, 0.5) is 0 Å². The highest BCUT2D eigenvalue weighted by molar-refractivity contribution is 7.10. The van der Waals surface area contributed by atoms with E-state index in [1.165, 1.54) is 15.3 Å². The molecule has 7 heteroatoms. The molecular formula is C22H23NO4S2. The van der Waals surface area contributed by atoms with Gasteiger partial charge in [-0.25, -0.2) is 0 Å². The van der Waals surface area contributed by atoms with Gasteiger partial charge in [-0.15, -0.1) is 22.7 Å². The minimum absolute atomic E-state index is 0.0143. The van der Waals surface area contributed by atoms with Crippen molar-refractivity contribution in [3.8, 4) is 17.2 Å². The van der Waals surface area contributed by atoms with Crippen LogP contribution in [0, 0.1) is 0 Å². The highest BCUT2D eigenvalue weighted by Crippen LogP contribution is 2.41. The molecule has 4 rings (SSSR count). The molecule has 3 aromatic rings. The highest BCUT2D eigenvalue weighted by Gasteiger charge is 2.33. The molecule has 1 aromatic carbocycles. The topological polar surface area (TPSA) is 48.0 Å². The highest BCUT2D eigenvalue weighted by atomic mass is 32.1. The van der Waals surface area contributed by atoms with Crippen molar-refractivity contribution >= 4 is 28.6 Å². The molecule has 0 fully saturated rings. The van der Waals surface area contributed by atoms with Gasteiger partial charge in [0.05, 0.1) is 33.8 Å². The average Bonchev–Trinajstić information content (AvgIpc) is 3.43. The van der Waals surface area contributed by atoms with Crippen LogP contribution in [0.25, 0.3) is 0 Å². The lowest BCUT2D eigenvalue weighted by Gasteiger charge is -2.35. The molecule has 0 bridgehead atoms. The number of methoxy groups -OCH3 is 3. The quantitative estimate of drug-likeness (QED) is 0.577. The van der Waals surface area contributed by atoms with Crippen LogP contribution in [0.2, 0.25) is 0 Å². The molecule has 1 amide bonds. The maximum absolute atomic E-state index is 13.4. The maximum Gasteiger partial charge on any atom is 0.227 e. The van der Waals surface area contributed by atoms with Crippen molar-refractivity contribution in [1.29, 1.82) is 0 Å². The van der Waals surface area contributed by atoms with Gasteiger partial charge in [-0.3, -0.25) is 4.79 Å². The normalized spacial score (nSPS) is 15.7. The second kappa shape index (κ2) is 8.47. The van der Waals surface area contributed by atoms with Gasteiger partial charge in [0.1, 0.15) is 0 Å². The Bertz CT molecular complexity index is 971. The standard InChI is InChI=1S/C22H23NO4S2/c1-25-16-11-14(12-17(26-2)22(16)27-3)13-20(24)23-8-6-18-15(7-10-29-18)21(23)19-5-4-9-28-19/h4-5,7,9-12,21H,6,8,13H2,1-3H3. The van der Waals surface area contributed by atoms with E-state index < -0.39 is 0 Å². The van der Waals surface area contributed by atoms with Crippen LogP contribution >= 0.6 is 22.7 Å². The number of rotatable bonds is 6. The Kier molecular flexibility index (Phi) is 5.78. The van der Waals surface area contributed by atoms with E-state index in [1.54, 1.807) is 44.0 Å². The first-order valence-corrected chi connectivity index (χ1v) is 11.1. The summed E-state index contributed by atoms with van der Waals surface area (Å²) in [6.07, 6.45) is 1.17.